The van der Waals surface area contributed by atoms with Gasteiger partial charge in [0, 0.05) is 6.04 Å². The van der Waals surface area contributed by atoms with Crippen LogP contribution in [0.5, 0.6) is 0 Å². The van der Waals surface area contributed by atoms with Crippen LogP contribution in [0, 0.1) is 11.7 Å². The molecular weight excluding hydrogens is 237 g/mol. The highest BCUT2D eigenvalue weighted by atomic mass is 19.1. The second-order valence-electron chi connectivity index (χ2n) is 4.53. The number of aliphatic carboxylic acids is 1. The van der Waals surface area contributed by atoms with Crippen molar-refractivity contribution in [3.05, 3.63) is 17.8 Å². The van der Waals surface area contributed by atoms with E-state index >= 15 is 0 Å². The van der Waals surface area contributed by atoms with Crippen LogP contribution >= 0.6 is 0 Å². The molecule has 0 amide bonds. The smallest absolute Gasteiger partial charge is 0.306 e. The minimum atomic E-state index is -0.781. The largest absolute Gasteiger partial charge is 0.481 e. The predicted octanol–water partition coefficient (Wildman–Crippen LogP) is 1.84. The van der Waals surface area contributed by atoms with E-state index in [0.717, 1.165) is 6.42 Å². The van der Waals surface area contributed by atoms with Crippen molar-refractivity contribution in [3.8, 4) is 0 Å². The van der Waals surface area contributed by atoms with Crippen LogP contribution < -0.4 is 5.32 Å². The maximum Gasteiger partial charge on any atom is 0.306 e. The van der Waals surface area contributed by atoms with E-state index in [2.05, 4.69) is 15.3 Å². The molecule has 1 aliphatic rings. The Balaban J connectivity index is 2.05. The molecule has 98 valence electrons. The van der Waals surface area contributed by atoms with Crippen LogP contribution in [0.4, 0.5) is 10.2 Å². The molecule has 0 unspecified atom stereocenters. The molecule has 0 bridgehead atoms. The van der Waals surface area contributed by atoms with E-state index in [1.165, 1.54) is 6.33 Å². The van der Waals surface area contributed by atoms with E-state index in [1.807, 2.05) is 6.92 Å². The number of carboxylic acid groups (broad SMARTS) is 1. The van der Waals surface area contributed by atoms with Gasteiger partial charge in [-0.3, -0.25) is 4.79 Å². The van der Waals surface area contributed by atoms with Crippen molar-refractivity contribution < 1.29 is 14.3 Å². The number of nitrogens with zero attached hydrogens (tertiary/aromatic N) is 2. The molecule has 2 N–H and O–H groups in total. The summed E-state index contributed by atoms with van der Waals surface area (Å²) in [6, 6.07) is -0.0276. The summed E-state index contributed by atoms with van der Waals surface area (Å²) >= 11 is 0. The summed E-state index contributed by atoms with van der Waals surface area (Å²) in [4.78, 5) is 18.6. The zero-order chi connectivity index (χ0) is 13.1. The van der Waals surface area contributed by atoms with E-state index in [1.54, 1.807) is 0 Å². The topological polar surface area (TPSA) is 75.1 Å². The minimum Gasteiger partial charge on any atom is -0.481 e. The minimum absolute atomic E-state index is 0.0276. The van der Waals surface area contributed by atoms with Gasteiger partial charge < -0.3 is 10.4 Å². The van der Waals surface area contributed by atoms with Gasteiger partial charge in [0.2, 0.25) is 0 Å². The second-order valence-corrected chi connectivity index (χ2v) is 4.53. The number of hydrogen-bond donors (Lipinski definition) is 2. The van der Waals surface area contributed by atoms with Gasteiger partial charge in [0.1, 0.15) is 6.33 Å². The lowest BCUT2D eigenvalue weighted by Gasteiger charge is -2.14. The molecule has 1 aromatic heterocycles. The molecule has 0 aromatic carbocycles. The van der Waals surface area contributed by atoms with Gasteiger partial charge in [0.15, 0.2) is 11.6 Å². The van der Waals surface area contributed by atoms with Gasteiger partial charge in [-0.15, -0.1) is 0 Å². The van der Waals surface area contributed by atoms with Crippen molar-refractivity contribution in [3.63, 3.8) is 0 Å². The zero-order valence-corrected chi connectivity index (χ0v) is 10.2. The third kappa shape index (κ3) is 2.57. The summed E-state index contributed by atoms with van der Waals surface area (Å²) in [5.74, 6) is -1.37. The molecule has 1 aromatic rings. The van der Waals surface area contributed by atoms with Crippen molar-refractivity contribution in [2.75, 3.05) is 5.32 Å². The van der Waals surface area contributed by atoms with Crippen LogP contribution in [0.25, 0.3) is 0 Å². The molecule has 18 heavy (non-hydrogen) atoms. The van der Waals surface area contributed by atoms with Crippen LogP contribution in [0.2, 0.25) is 0 Å². The number of rotatable bonds is 4. The van der Waals surface area contributed by atoms with Crippen LogP contribution in [0.15, 0.2) is 6.33 Å². The Hall–Kier alpha value is -1.72. The lowest BCUT2D eigenvalue weighted by molar-refractivity contribution is -0.141. The first-order valence-electron chi connectivity index (χ1n) is 6.10. The molecule has 5 nitrogen and oxygen atoms in total. The third-order valence-corrected chi connectivity index (χ3v) is 3.32. The van der Waals surface area contributed by atoms with Crippen molar-refractivity contribution >= 4 is 11.8 Å². The van der Waals surface area contributed by atoms with Crippen molar-refractivity contribution in [1.29, 1.82) is 0 Å². The summed E-state index contributed by atoms with van der Waals surface area (Å²) in [5.41, 5.74) is 0.375. The predicted molar refractivity (Wildman–Crippen MR) is 63.8 cm³/mol. The number of hydrogen-bond acceptors (Lipinski definition) is 4. The van der Waals surface area contributed by atoms with Gasteiger partial charge in [0.05, 0.1) is 11.6 Å². The molecule has 1 fully saturated rings. The first kappa shape index (κ1) is 12.7. The number of aromatic nitrogens is 2. The first-order valence-corrected chi connectivity index (χ1v) is 6.10. The molecule has 6 heteroatoms. The normalized spacial score (nSPS) is 23.0. The van der Waals surface area contributed by atoms with Crippen LogP contribution in [0.1, 0.15) is 31.9 Å². The van der Waals surface area contributed by atoms with Gasteiger partial charge in [-0.2, -0.15) is 0 Å². The average Bonchev–Trinajstić information content (AvgIpc) is 2.80. The van der Waals surface area contributed by atoms with E-state index in [0.29, 0.717) is 25.0 Å². The number of halogens is 1. The van der Waals surface area contributed by atoms with Gasteiger partial charge in [-0.25, -0.2) is 14.4 Å². The number of anilines is 1. The third-order valence-electron chi connectivity index (χ3n) is 3.32. The van der Waals surface area contributed by atoms with Crippen LogP contribution in [0.3, 0.4) is 0 Å². The average molecular weight is 253 g/mol. The van der Waals surface area contributed by atoms with E-state index in [4.69, 9.17) is 5.11 Å². The molecule has 2 atom stereocenters. The van der Waals surface area contributed by atoms with Crippen LogP contribution in [-0.2, 0) is 11.2 Å². The van der Waals surface area contributed by atoms with E-state index < -0.39 is 11.8 Å². The number of carboxylic acids is 1. The van der Waals surface area contributed by atoms with Crippen LogP contribution in [-0.4, -0.2) is 27.1 Å². The summed E-state index contributed by atoms with van der Waals surface area (Å²) in [6.07, 6.45) is 3.70. The molecular formula is C12H16FN3O2. The Morgan fingerprint density at radius 3 is 2.94 bits per heavy atom. The van der Waals surface area contributed by atoms with Gasteiger partial charge in [-0.05, 0) is 25.7 Å². The lowest BCUT2D eigenvalue weighted by atomic mass is 10.1. The monoisotopic (exact) mass is 253 g/mol. The molecule has 1 saturated carbocycles. The van der Waals surface area contributed by atoms with Crippen molar-refractivity contribution in [1.82, 2.24) is 9.97 Å². The fourth-order valence-corrected chi connectivity index (χ4v) is 2.28. The highest BCUT2D eigenvalue weighted by Gasteiger charge is 2.30. The zero-order valence-electron chi connectivity index (χ0n) is 10.2. The van der Waals surface area contributed by atoms with Crippen molar-refractivity contribution in [2.24, 2.45) is 5.92 Å². The quantitative estimate of drug-likeness (QED) is 0.856. The Labute approximate surface area is 104 Å². The van der Waals surface area contributed by atoms with Gasteiger partial charge in [-0.1, -0.05) is 6.92 Å². The Bertz CT molecular complexity index is 453. The Kier molecular flexibility index (Phi) is 3.74. The standard InChI is InChI=1S/C12H16FN3O2/c1-2-9-10(13)11(15-6-14-9)16-8-4-3-7(5-8)12(17)18/h6-8H,2-5H2,1H3,(H,17,18)(H,14,15,16)/t7-,8+/m1/s1. The summed E-state index contributed by atoms with van der Waals surface area (Å²) < 4.78 is 13.9. The fourth-order valence-electron chi connectivity index (χ4n) is 2.28. The van der Waals surface area contributed by atoms with Gasteiger partial charge >= 0.3 is 5.97 Å². The molecule has 0 saturated heterocycles. The Morgan fingerprint density at radius 1 is 1.56 bits per heavy atom. The number of carbonyl (C=O) groups is 1. The lowest BCUT2D eigenvalue weighted by Crippen LogP contribution is -2.20. The molecule has 2 rings (SSSR count). The summed E-state index contributed by atoms with van der Waals surface area (Å²) in [6.45, 7) is 1.82. The van der Waals surface area contributed by atoms with Gasteiger partial charge in [0.25, 0.3) is 0 Å². The van der Waals surface area contributed by atoms with E-state index in [9.17, 15) is 9.18 Å². The second kappa shape index (κ2) is 5.29. The highest BCUT2D eigenvalue weighted by molar-refractivity contribution is 5.70. The molecule has 1 aliphatic carbocycles. The molecule has 1 heterocycles. The maximum atomic E-state index is 13.9. The number of aryl methyl sites for hydroxylation is 1. The summed E-state index contributed by atoms with van der Waals surface area (Å²) in [7, 11) is 0. The number of nitrogens with one attached hydrogen (secondary N) is 1. The van der Waals surface area contributed by atoms with E-state index in [-0.39, 0.29) is 17.8 Å². The maximum absolute atomic E-state index is 13.9. The fraction of sp³-hybridized carbons (Fsp3) is 0.583. The Morgan fingerprint density at radius 2 is 2.33 bits per heavy atom. The molecule has 0 aliphatic heterocycles. The molecule has 0 radical (unpaired) electrons. The highest BCUT2D eigenvalue weighted by Crippen LogP contribution is 2.28. The summed E-state index contributed by atoms with van der Waals surface area (Å²) in [5, 5.41) is 11.9. The van der Waals surface area contributed by atoms with Crippen molar-refractivity contribution in [2.45, 2.75) is 38.6 Å². The molecule has 0 spiro atoms. The SMILES string of the molecule is CCc1ncnc(N[C@H]2CC[C@@H](C(=O)O)C2)c1F. The first-order chi connectivity index (χ1) is 8.61.